The maximum atomic E-state index is 5.42. The van der Waals surface area contributed by atoms with Crippen molar-refractivity contribution in [3.63, 3.8) is 0 Å². The van der Waals surface area contributed by atoms with Crippen LogP contribution in [0.25, 0.3) is 17.1 Å². The number of aromatic nitrogens is 3. The molecule has 1 heterocycles. The summed E-state index contributed by atoms with van der Waals surface area (Å²) >= 11 is 1.70. The minimum Gasteiger partial charge on any atom is -0.497 e. The van der Waals surface area contributed by atoms with Gasteiger partial charge in [-0.05, 0) is 47.7 Å². The predicted octanol–water partition coefficient (Wildman–Crippen LogP) is 6.84. The van der Waals surface area contributed by atoms with Crippen molar-refractivity contribution in [3.8, 4) is 22.8 Å². The van der Waals surface area contributed by atoms with E-state index in [1.54, 1.807) is 18.9 Å². The van der Waals surface area contributed by atoms with Crippen LogP contribution in [-0.4, -0.2) is 21.9 Å². The number of rotatable bonds is 6. The highest BCUT2D eigenvalue weighted by Crippen LogP contribution is 2.31. The zero-order chi connectivity index (χ0) is 22.7. The average molecular weight is 444 g/mol. The average Bonchev–Trinajstić information content (AvgIpc) is 3.22. The number of hydrogen-bond donors (Lipinski definition) is 0. The number of benzene rings is 3. The van der Waals surface area contributed by atoms with Gasteiger partial charge >= 0.3 is 0 Å². The number of nitrogens with zero attached hydrogens (tertiary/aromatic N) is 3. The Bertz CT molecular complexity index is 1190. The van der Waals surface area contributed by atoms with Crippen molar-refractivity contribution < 1.29 is 4.74 Å². The summed E-state index contributed by atoms with van der Waals surface area (Å²) in [5.74, 6) is 2.43. The van der Waals surface area contributed by atoms with Crippen LogP contribution < -0.4 is 4.74 Å². The first-order valence-electron chi connectivity index (χ1n) is 10.7. The SMILES string of the molecule is COc1cccc(-c2nnc(SCc3ccc(C(C)(C)C)cc3)n2-c2ccc(C)cc2)c1. The van der Waals surface area contributed by atoms with Crippen molar-refractivity contribution in [1.29, 1.82) is 0 Å². The zero-order valence-corrected chi connectivity index (χ0v) is 20.1. The van der Waals surface area contributed by atoms with Gasteiger partial charge < -0.3 is 4.74 Å². The van der Waals surface area contributed by atoms with Gasteiger partial charge in [-0.15, -0.1) is 10.2 Å². The Hall–Kier alpha value is -3.05. The van der Waals surface area contributed by atoms with Crippen molar-refractivity contribution in [2.45, 2.75) is 44.0 Å². The molecule has 0 saturated carbocycles. The van der Waals surface area contributed by atoms with E-state index >= 15 is 0 Å². The Morgan fingerprint density at radius 3 is 2.28 bits per heavy atom. The van der Waals surface area contributed by atoms with Crippen LogP contribution in [0.3, 0.4) is 0 Å². The van der Waals surface area contributed by atoms with E-state index < -0.39 is 0 Å². The molecule has 0 spiro atoms. The number of hydrogen-bond acceptors (Lipinski definition) is 4. The lowest BCUT2D eigenvalue weighted by Gasteiger charge is -2.19. The highest BCUT2D eigenvalue weighted by Gasteiger charge is 2.17. The largest absolute Gasteiger partial charge is 0.497 e. The van der Waals surface area contributed by atoms with Gasteiger partial charge in [0.1, 0.15) is 5.75 Å². The van der Waals surface area contributed by atoms with Crippen LogP contribution in [0.1, 0.15) is 37.5 Å². The summed E-state index contributed by atoms with van der Waals surface area (Å²) in [7, 11) is 1.68. The van der Waals surface area contributed by atoms with Crippen LogP contribution in [0.4, 0.5) is 0 Å². The zero-order valence-electron chi connectivity index (χ0n) is 19.3. The third-order valence-corrected chi connectivity index (χ3v) is 6.44. The standard InChI is InChI=1S/C27H29N3OS/c1-19-9-15-23(16-10-19)30-25(21-7-6-8-24(17-21)31-5)28-29-26(30)32-18-20-11-13-22(14-12-20)27(2,3)4/h6-17H,18H2,1-5H3. The second-order valence-electron chi connectivity index (χ2n) is 8.94. The molecular weight excluding hydrogens is 414 g/mol. The third kappa shape index (κ3) is 4.89. The van der Waals surface area contributed by atoms with Gasteiger partial charge in [-0.2, -0.15) is 0 Å². The van der Waals surface area contributed by atoms with Gasteiger partial charge in [0.15, 0.2) is 11.0 Å². The summed E-state index contributed by atoms with van der Waals surface area (Å²) in [6.45, 7) is 8.80. The summed E-state index contributed by atoms with van der Waals surface area (Å²) in [6, 6.07) is 25.3. The topological polar surface area (TPSA) is 39.9 Å². The lowest BCUT2D eigenvalue weighted by atomic mass is 9.87. The monoisotopic (exact) mass is 443 g/mol. The van der Waals surface area contributed by atoms with Crippen LogP contribution in [0.15, 0.2) is 78.0 Å². The number of aryl methyl sites for hydroxylation is 1. The molecule has 1 aromatic heterocycles. The van der Waals surface area contributed by atoms with E-state index in [9.17, 15) is 0 Å². The van der Waals surface area contributed by atoms with E-state index in [2.05, 4.69) is 91.0 Å². The molecule has 4 nitrogen and oxygen atoms in total. The molecule has 0 atom stereocenters. The van der Waals surface area contributed by atoms with Crippen molar-refractivity contribution in [2.75, 3.05) is 7.11 Å². The molecule has 0 aliphatic carbocycles. The van der Waals surface area contributed by atoms with Gasteiger partial charge in [0.2, 0.25) is 0 Å². The molecule has 0 saturated heterocycles. The van der Waals surface area contributed by atoms with Crippen LogP contribution in [-0.2, 0) is 11.2 Å². The molecule has 0 N–H and O–H groups in total. The molecule has 0 unspecified atom stereocenters. The van der Waals surface area contributed by atoms with E-state index in [0.717, 1.165) is 33.7 Å². The Morgan fingerprint density at radius 2 is 1.62 bits per heavy atom. The van der Waals surface area contributed by atoms with Crippen molar-refractivity contribution in [1.82, 2.24) is 14.8 Å². The maximum Gasteiger partial charge on any atom is 0.196 e. The van der Waals surface area contributed by atoms with E-state index in [1.165, 1.54) is 16.7 Å². The van der Waals surface area contributed by atoms with Crippen LogP contribution in [0, 0.1) is 6.92 Å². The minimum atomic E-state index is 0.156. The fourth-order valence-corrected chi connectivity index (χ4v) is 4.40. The fourth-order valence-electron chi connectivity index (χ4n) is 3.49. The van der Waals surface area contributed by atoms with Gasteiger partial charge in [-0.3, -0.25) is 4.57 Å². The first kappa shape index (κ1) is 22.2. The van der Waals surface area contributed by atoms with E-state index in [4.69, 9.17) is 4.74 Å². The minimum absolute atomic E-state index is 0.156. The van der Waals surface area contributed by atoms with Gasteiger partial charge in [-0.1, -0.05) is 86.6 Å². The van der Waals surface area contributed by atoms with Gasteiger partial charge in [0.05, 0.1) is 7.11 Å². The molecule has 4 aromatic rings. The Balaban J connectivity index is 1.67. The quantitative estimate of drug-likeness (QED) is 0.306. The number of thioether (sulfide) groups is 1. The molecule has 0 bridgehead atoms. The normalized spacial score (nSPS) is 11.5. The molecule has 0 aliphatic heterocycles. The van der Waals surface area contributed by atoms with Crippen LogP contribution in [0.5, 0.6) is 5.75 Å². The molecular formula is C27H29N3OS. The van der Waals surface area contributed by atoms with Crippen LogP contribution in [0.2, 0.25) is 0 Å². The number of ether oxygens (including phenoxy) is 1. The molecule has 5 heteroatoms. The van der Waals surface area contributed by atoms with Crippen molar-refractivity contribution in [3.05, 3.63) is 89.5 Å². The lowest BCUT2D eigenvalue weighted by Crippen LogP contribution is -2.10. The van der Waals surface area contributed by atoms with E-state index in [-0.39, 0.29) is 5.41 Å². The maximum absolute atomic E-state index is 5.42. The van der Waals surface area contributed by atoms with Crippen LogP contribution >= 0.6 is 11.8 Å². The molecule has 0 radical (unpaired) electrons. The lowest BCUT2D eigenvalue weighted by molar-refractivity contribution is 0.415. The first-order chi connectivity index (χ1) is 15.3. The van der Waals surface area contributed by atoms with E-state index in [0.29, 0.717) is 0 Å². The fraction of sp³-hybridized carbons (Fsp3) is 0.259. The highest BCUT2D eigenvalue weighted by atomic mass is 32.2. The molecule has 32 heavy (non-hydrogen) atoms. The predicted molar refractivity (Wildman–Crippen MR) is 133 cm³/mol. The third-order valence-electron chi connectivity index (χ3n) is 5.44. The van der Waals surface area contributed by atoms with Crippen molar-refractivity contribution in [2.24, 2.45) is 0 Å². The molecule has 0 fully saturated rings. The van der Waals surface area contributed by atoms with Gasteiger partial charge in [-0.25, -0.2) is 0 Å². The first-order valence-corrected chi connectivity index (χ1v) is 11.7. The second-order valence-corrected chi connectivity index (χ2v) is 9.89. The molecule has 0 amide bonds. The summed E-state index contributed by atoms with van der Waals surface area (Å²) in [6.07, 6.45) is 0. The summed E-state index contributed by atoms with van der Waals surface area (Å²) in [5, 5.41) is 9.98. The molecule has 0 aliphatic rings. The molecule has 164 valence electrons. The Labute approximate surface area is 194 Å². The Kier molecular flexibility index (Phi) is 6.38. The number of methoxy groups -OCH3 is 1. The summed E-state index contributed by atoms with van der Waals surface area (Å²) < 4.78 is 7.55. The van der Waals surface area contributed by atoms with E-state index in [1.807, 2.05) is 24.3 Å². The highest BCUT2D eigenvalue weighted by molar-refractivity contribution is 7.98. The smallest absolute Gasteiger partial charge is 0.196 e. The molecule has 4 rings (SSSR count). The van der Waals surface area contributed by atoms with Gasteiger partial charge in [0.25, 0.3) is 0 Å². The summed E-state index contributed by atoms with van der Waals surface area (Å²) in [4.78, 5) is 0. The van der Waals surface area contributed by atoms with Gasteiger partial charge in [0, 0.05) is 17.0 Å². The molecule has 3 aromatic carbocycles. The van der Waals surface area contributed by atoms with Crippen molar-refractivity contribution >= 4 is 11.8 Å². The Morgan fingerprint density at radius 1 is 0.906 bits per heavy atom. The second kappa shape index (κ2) is 9.21. The summed E-state index contributed by atoms with van der Waals surface area (Å²) in [5.41, 5.74) is 6.00.